The molecule has 4 rings (SSSR count). The highest BCUT2D eigenvalue weighted by Gasteiger charge is 2.34. The second-order valence-electron chi connectivity index (χ2n) is 8.96. The topological polar surface area (TPSA) is 49.4 Å². The molecule has 2 aliphatic rings. The van der Waals surface area contributed by atoms with Gasteiger partial charge >= 0.3 is 0 Å². The molecule has 1 N–H and O–H groups in total. The molecule has 1 aliphatic heterocycles. The largest absolute Gasteiger partial charge is 0.326 e. The third kappa shape index (κ3) is 4.20. The summed E-state index contributed by atoms with van der Waals surface area (Å²) in [5.41, 5.74) is 4.16. The molecule has 1 heterocycles. The van der Waals surface area contributed by atoms with E-state index in [1.807, 2.05) is 41.3 Å². The third-order valence-electron chi connectivity index (χ3n) is 5.82. The molecule has 1 saturated carbocycles. The Bertz CT molecular complexity index is 896. The monoisotopic (exact) mass is 408 g/mol. The van der Waals surface area contributed by atoms with Gasteiger partial charge in [0.15, 0.2) is 0 Å². The van der Waals surface area contributed by atoms with E-state index in [9.17, 15) is 9.59 Å². The number of hydrogen-bond donors (Lipinski definition) is 1. The summed E-state index contributed by atoms with van der Waals surface area (Å²) in [7, 11) is 0. The van der Waals surface area contributed by atoms with E-state index in [0.717, 1.165) is 36.2 Å². The molecule has 1 atom stereocenters. The highest BCUT2D eigenvalue weighted by Crippen LogP contribution is 2.42. The summed E-state index contributed by atoms with van der Waals surface area (Å²) in [6.07, 6.45) is 3.14. The molecule has 5 heteroatoms. The fraction of sp³-hybridized carbons (Fsp3) is 0.417. The maximum Gasteiger partial charge on any atom is 0.238 e. The van der Waals surface area contributed by atoms with Crippen LogP contribution in [0.15, 0.2) is 48.5 Å². The summed E-state index contributed by atoms with van der Waals surface area (Å²) >= 11 is 1.64. The highest BCUT2D eigenvalue weighted by molar-refractivity contribution is 8.00. The Kier molecular flexibility index (Phi) is 5.43. The van der Waals surface area contributed by atoms with Crippen LogP contribution < -0.4 is 10.2 Å². The second kappa shape index (κ2) is 7.86. The Morgan fingerprint density at radius 1 is 1.03 bits per heavy atom. The first-order valence-electron chi connectivity index (χ1n) is 10.3. The molecule has 4 nitrogen and oxygen atoms in total. The lowest BCUT2D eigenvalue weighted by molar-refractivity contribution is -0.122. The molecule has 1 saturated heterocycles. The third-order valence-corrected chi connectivity index (χ3v) is 7.03. The summed E-state index contributed by atoms with van der Waals surface area (Å²) in [5, 5.41) is 2.97. The minimum absolute atomic E-state index is 0.0422. The van der Waals surface area contributed by atoms with Crippen LogP contribution in [0.1, 0.15) is 56.5 Å². The van der Waals surface area contributed by atoms with Gasteiger partial charge < -0.3 is 5.32 Å². The molecule has 2 aromatic rings. The van der Waals surface area contributed by atoms with Gasteiger partial charge in [-0.15, -0.1) is 11.8 Å². The number of nitrogens with zero attached hydrogens (tertiary/aromatic N) is 1. The Morgan fingerprint density at radius 3 is 2.24 bits per heavy atom. The molecule has 2 aromatic carbocycles. The molecule has 0 unspecified atom stereocenters. The van der Waals surface area contributed by atoms with E-state index < -0.39 is 0 Å². The van der Waals surface area contributed by atoms with Gasteiger partial charge in [0, 0.05) is 17.3 Å². The molecule has 0 bridgehead atoms. The van der Waals surface area contributed by atoms with Crippen LogP contribution in [0.25, 0.3) is 0 Å². The first kappa shape index (κ1) is 20.0. The first-order chi connectivity index (χ1) is 13.8. The maximum absolute atomic E-state index is 12.6. The fourth-order valence-electron chi connectivity index (χ4n) is 3.72. The summed E-state index contributed by atoms with van der Waals surface area (Å²) in [5.74, 6) is 0.899. The zero-order chi connectivity index (χ0) is 20.6. The van der Waals surface area contributed by atoms with Crippen LogP contribution in [0.4, 0.5) is 11.4 Å². The summed E-state index contributed by atoms with van der Waals surface area (Å²) < 4.78 is 0. The van der Waals surface area contributed by atoms with Gasteiger partial charge in [0.05, 0.1) is 5.75 Å². The lowest BCUT2D eigenvalue weighted by Gasteiger charge is -2.26. The van der Waals surface area contributed by atoms with E-state index >= 15 is 0 Å². The minimum Gasteiger partial charge on any atom is -0.326 e. The van der Waals surface area contributed by atoms with Crippen molar-refractivity contribution in [1.29, 1.82) is 0 Å². The zero-order valence-electron chi connectivity index (χ0n) is 17.3. The lowest BCUT2D eigenvalue weighted by atomic mass is 9.85. The van der Waals surface area contributed by atoms with Crippen molar-refractivity contribution in [2.75, 3.05) is 16.0 Å². The molecule has 2 amide bonds. The standard InChI is InChI=1S/C24H28N2O2S/c1-24(2,3)18-9-13-20(14-10-18)26-21(27)15-29-23(26)17-7-11-19(12-8-17)25-22(28)16-5-4-6-16/h7-14,16,23H,4-6,15H2,1-3H3,(H,25,28)/t23-/m0/s1. The predicted octanol–water partition coefficient (Wildman–Crippen LogP) is 5.50. The number of thioether (sulfide) groups is 1. The molecule has 0 aromatic heterocycles. The van der Waals surface area contributed by atoms with Gasteiger partial charge in [-0.2, -0.15) is 0 Å². The number of nitrogens with one attached hydrogen (secondary N) is 1. The molecular weight excluding hydrogens is 380 g/mol. The molecular formula is C24H28N2O2S. The van der Waals surface area contributed by atoms with Gasteiger partial charge in [-0.3, -0.25) is 14.5 Å². The van der Waals surface area contributed by atoms with Crippen molar-refractivity contribution in [2.45, 2.75) is 50.8 Å². The fourth-order valence-corrected chi connectivity index (χ4v) is 4.90. The van der Waals surface area contributed by atoms with E-state index in [1.165, 1.54) is 5.56 Å². The first-order valence-corrected chi connectivity index (χ1v) is 11.3. The molecule has 1 aliphatic carbocycles. The lowest BCUT2D eigenvalue weighted by Crippen LogP contribution is -2.28. The normalized spacial score (nSPS) is 19.9. The second-order valence-corrected chi connectivity index (χ2v) is 10.0. The van der Waals surface area contributed by atoms with Gasteiger partial charge in [-0.05, 0) is 53.6 Å². The smallest absolute Gasteiger partial charge is 0.238 e. The molecule has 152 valence electrons. The van der Waals surface area contributed by atoms with Gasteiger partial charge in [-0.25, -0.2) is 0 Å². The van der Waals surface area contributed by atoms with Crippen molar-refractivity contribution in [3.63, 3.8) is 0 Å². The molecule has 29 heavy (non-hydrogen) atoms. The number of hydrogen-bond acceptors (Lipinski definition) is 3. The van der Waals surface area contributed by atoms with Gasteiger partial charge in [0.25, 0.3) is 0 Å². The van der Waals surface area contributed by atoms with Crippen LogP contribution in [-0.4, -0.2) is 17.6 Å². The minimum atomic E-state index is -0.0422. The van der Waals surface area contributed by atoms with Crippen molar-refractivity contribution >= 4 is 35.0 Å². The Morgan fingerprint density at radius 2 is 1.69 bits per heavy atom. The predicted molar refractivity (Wildman–Crippen MR) is 120 cm³/mol. The van der Waals surface area contributed by atoms with E-state index in [0.29, 0.717) is 5.75 Å². The van der Waals surface area contributed by atoms with Crippen LogP contribution in [0.3, 0.4) is 0 Å². The van der Waals surface area contributed by atoms with E-state index in [1.54, 1.807) is 11.8 Å². The van der Waals surface area contributed by atoms with Crippen molar-refractivity contribution in [2.24, 2.45) is 5.92 Å². The van der Waals surface area contributed by atoms with E-state index in [2.05, 4.69) is 38.2 Å². The quantitative estimate of drug-likeness (QED) is 0.726. The van der Waals surface area contributed by atoms with E-state index in [4.69, 9.17) is 0 Å². The van der Waals surface area contributed by atoms with Crippen molar-refractivity contribution < 1.29 is 9.59 Å². The number of benzene rings is 2. The van der Waals surface area contributed by atoms with Crippen molar-refractivity contribution in [3.8, 4) is 0 Å². The number of rotatable bonds is 4. The number of anilines is 2. The zero-order valence-corrected chi connectivity index (χ0v) is 18.1. The summed E-state index contributed by atoms with van der Waals surface area (Å²) in [6, 6.07) is 16.2. The van der Waals surface area contributed by atoms with Crippen LogP contribution in [0.5, 0.6) is 0 Å². The SMILES string of the molecule is CC(C)(C)c1ccc(N2C(=O)CS[C@H]2c2ccc(NC(=O)C3CCC3)cc2)cc1. The summed E-state index contributed by atoms with van der Waals surface area (Å²) in [6.45, 7) is 6.56. The molecule has 0 spiro atoms. The van der Waals surface area contributed by atoms with E-state index in [-0.39, 0.29) is 28.5 Å². The molecule has 0 radical (unpaired) electrons. The van der Waals surface area contributed by atoms with Gasteiger partial charge in [0.2, 0.25) is 11.8 Å². The Hall–Kier alpha value is -2.27. The highest BCUT2D eigenvalue weighted by atomic mass is 32.2. The average molecular weight is 409 g/mol. The van der Waals surface area contributed by atoms with Crippen LogP contribution in [-0.2, 0) is 15.0 Å². The van der Waals surface area contributed by atoms with Crippen LogP contribution >= 0.6 is 11.8 Å². The van der Waals surface area contributed by atoms with Gasteiger partial charge in [0.1, 0.15) is 5.37 Å². The van der Waals surface area contributed by atoms with Crippen LogP contribution in [0, 0.1) is 5.92 Å². The van der Waals surface area contributed by atoms with Gasteiger partial charge in [-0.1, -0.05) is 51.5 Å². The summed E-state index contributed by atoms with van der Waals surface area (Å²) in [4.78, 5) is 26.6. The number of carbonyl (C=O) groups excluding carboxylic acids is 2. The molecule has 2 fully saturated rings. The van der Waals surface area contributed by atoms with Crippen molar-refractivity contribution in [3.05, 3.63) is 59.7 Å². The number of carbonyl (C=O) groups is 2. The average Bonchev–Trinajstić information content (AvgIpc) is 3.02. The van der Waals surface area contributed by atoms with Crippen LogP contribution in [0.2, 0.25) is 0 Å². The number of amides is 2. The van der Waals surface area contributed by atoms with Crippen molar-refractivity contribution in [1.82, 2.24) is 0 Å². The Balaban J connectivity index is 1.51. The Labute approximate surface area is 177 Å². The maximum atomic E-state index is 12.6.